The molecule has 0 spiro atoms. The fraction of sp³-hybridized carbons (Fsp3) is 0.333. The number of hydrogen-bond donors (Lipinski definition) is 0. The van der Waals surface area contributed by atoms with Crippen LogP contribution in [-0.2, 0) is 19.4 Å². The number of hydrogen-bond acceptors (Lipinski definition) is 2. The van der Waals surface area contributed by atoms with E-state index in [4.69, 9.17) is 9.40 Å². The zero-order valence-corrected chi connectivity index (χ0v) is 16.5. The SMILES string of the molecule is CCc1ccc2c(n1)oc1c3c(ccc12)C[n+]1cc(CC(C)C)c(C)cc1-3. The van der Waals surface area contributed by atoms with Crippen molar-refractivity contribution in [2.45, 2.75) is 47.1 Å². The first kappa shape index (κ1) is 16.5. The Balaban J connectivity index is 1.75. The lowest BCUT2D eigenvalue weighted by Gasteiger charge is -2.07. The summed E-state index contributed by atoms with van der Waals surface area (Å²) in [6.45, 7) is 9.82. The van der Waals surface area contributed by atoms with Crippen molar-refractivity contribution in [1.29, 1.82) is 0 Å². The summed E-state index contributed by atoms with van der Waals surface area (Å²) in [5, 5.41) is 2.27. The van der Waals surface area contributed by atoms with Gasteiger partial charge in [0.05, 0.1) is 5.56 Å². The average Bonchev–Trinajstić information content (AvgIpc) is 3.18. The fourth-order valence-electron chi connectivity index (χ4n) is 4.33. The molecular weight excluding hydrogens is 332 g/mol. The summed E-state index contributed by atoms with van der Waals surface area (Å²) in [5.41, 5.74) is 9.44. The van der Waals surface area contributed by atoms with Crippen LogP contribution in [0, 0.1) is 12.8 Å². The van der Waals surface area contributed by atoms with Crippen LogP contribution in [0.2, 0.25) is 0 Å². The van der Waals surface area contributed by atoms with E-state index in [1.807, 2.05) is 0 Å². The van der Waals surface area contributed by atoms with Crippen molar-refractivity contribution in [3.63, 3.8) is 0 Å². The van der Waals surface area contributed by atoms with Gasteiger partial charge in [0.2, 0.25) is 11.4 Å². The van der Waals surface area contributed by atoms with Gasteiger partial charge in [0.1, 0.15) is 0 Å². The van der Waals surface area contributed by atoms with E-state index in [0.29, 0.717) is 5.92 Å². The first-order chi connectivity index (χ1) is 13.0. The molecule has 27 heavy (non-hydrogen) atoms. The number of benzene rings is 1. The summed E-state index contributed by atoms with van der Waals surface area (Å²) in [6.07, 6.45) is 4.38. The number of pyridine rings is 2. The maximum Gasteiger partial charge on any atom is 0.227 e. The van der Waals surface area contributed by atoms with Crippen molar-refractivity contribution in [1.82, 2.24) is 4.98 Å². The second-order valence-electron chi connectivity index (χ2n) is 8.18. The lowest BCUT2D eigenvalue weighted by atomic mass is 9.98. The minimum absolute atomic E-state index is 0.659. The Morgan fingerprint density at radius 3 is 2.74 bits per heavy atom. The van der Waals surface area contributed by atoms with E-state index in [1.54, 1.807) is 0 Å². The van der Waals surface area contributed by atoms with Gasteiger partial charge in [-0.2, -0.15) is 4.57 Å². The Hall–Kier alpha value is -2.68. The van der Waals surface area contributed by atoms with Crippen LogP contribution < -0.4 is 4.57 Å². The van der Waals surface area contributed by atoms with E-state index in [0.717, 1.165) is 47.1 Å². The molecular formula is C24H25N2O+. The van der Waals surface area contributed by atoms with Gasteiger partial charge in [0.25, 0.3) is 0 Å². The molecule has 3 aromatic heterocycles. The van der Waals surface area contributed by atoms with E-state index in [2.05, 4.69) is 68.8 Å². The third-order valence-electron chi connectivity index (χ3n) is 5.72. The summed E-state index contributed by atoms with van der Waals surface area (Å²) < 4.78 is 8.69. The first-order valence-corrected chi connectivity index (χ1v) is 9.92. The highest BCUT2D eigenvalue weighted by molar-refractivity contribution is 6.09. The van der Waals surface area contributed by atoms with Gasteiger partial charge in [0.15, 0.2) is 18.3 Å². The van der Waals surface area contributed by atoms with Gasteiger partial charge in [0, 0.05) is 33.7 Å². The van der Waals surface area contributed by atoms with Crippen molar-refractivity contribution in [2.75, 3.05) is 0 Å². The van der Waals surface area contributed by atoms with Gasteiger partial charge in [-0.3, -0.25) is 0 Å². The molecule has 0 unspecified atom stereocenters. The van der Waals surface area contributed by atoms with Crippen molar-refractivity contribution < 1.29 is 8.98 Å². The van der Waals surface area contributed by atoms with E-state index in [1.165, 1.54) is 27.9 Å². The number of fused-ring (bicyclic) bond motifs is 7. The number of rotatable bonds is 3. The summed E-state index contributed by atoms with van der Waals surface area (Å²) in [4.78, 5) is 4.70. The molecule has 136 valence electrons. The standard InChI is InChI=1S/C24H25N2O/c1-5-18-7-9-20-19-8-6-16-12-26-13-17(10-14(2)3)15(4)11-21(26)22(16)23(19)27-24(20)25-18/h6-9,11,13-14H,5,10,12H2,1-4H3/q+1. The summed E-state index contributed by atoms with van der Waals surface area (Å²) in [5.74, 6) is 0.659. The van der Waals surface area contributed by atoms with Crippen molar-refractivity contribution in [2.24, 2.45) is 5.92 Å². The van der Waals surface area contributed by atoms with Crippen molar-refractivity contribution in [3.05, 3.63) is 58.9 Å². The van der Waals surface area contributed by atoms with Gasteiger partial charge in [-0.1, -0.05) is 26.8 Å². The van der Waals surface area contributed by atoms with Crippen molar-refractivity contribution >= 4 is 22.1 Å². The molecule has 0 atom stereocenters. The Bertz CT molecular complexity index is 1200. The molecule has 3 nitrogen and oxygen atoms in total. The Morgan fingerprint density at radius 2 is 1.96 bits per heavy atom. The lowest BCUT2D eigenvalue weighted by Crippen LogP contribution is -2.33. The highest BCUT2D eigenvalue weighted by Crippen LogP contribution is 2.39. The molecule has 0 saturated carbocycles. The number of furan rings is 1. The highest BCUT2D eigenvalue weighted by Gasteiger charge is 2.31. The fourth-order valence-corrected chi connectivity index (χ4v) is 4.33. The molecule has 4 heterocycles. The largest absolute Gasteiger partial charge is 0.437 e. The quantitative estimate of drug-likeness (QED) is 0.407. The molecule has 1 aliphatic heterocycles. The first-order valence-electron chi connectivity index (χ1n) is 9.92. The zero-order valence-electron chi connectivity index (χ0n) is 16.5. The molecule has 0 bridgehead atoms. The maximum atomic E-state index is 6.30. The normalized spacial score (nSPS) is 12.9. The topological polar surface area (TPSA) is 29.9 Å². The smallest absolute Gasteiger partial charge is 0.227 e. The summed E-state index contributed by atoms with van der Waals surface area (Å²) in [7, 11) is 0. The molecule has 1 aliphatic rings. The number of nitrogens with zero attached hydrogens (tertiary/aromatic N) is 2. The van der Waals surface area contributed by atoms with Crippen LogP contribution >= 0.6 is 0 Å². The minimum Gasteiger partial charge on any atom is -0.437 e. The third kappa shape index (κ3) is 2.48. The molecule has 5 rings (SSSR count). The van der Waals surface area contributed by atoms with Gasteiger partial charge in [-0.25, -0.2) is 4.98 Å². The molecule has 0 N–H and O–H groups in total. The van der Waals surface area contributed by atoms with Gasteiger partial charge in [-0.05, 0) is 49.4 Å². The van der Waals surface area contributed by atoms with E-state index in [9.17, 15) is 0 Å². The predicted octanol–water partition coefficient (Wildman–Crippen LogP) is 5.37. The molecule has 0 saturated heterocycles. The van der Waals surface area contributed by atoms with Gasteiger partial charge in [-0.15, -0.1) is 0 Å². The zero-order chi connectivity index (χ0) is 18.7. The van der Waals surface area contributed by atoms with Crippen LogP contribution in [-0.4, -0.2) is 4.98 Å². The molecule has 1 aromatic carbocycles. The molecule has 0 aliphatic carbocycles. The van der Waals surface area contributed by atoms with Crippen LogP contribution in [0.3, 0.4) is 0 Å². The van der Waals surface area contributed by atoms with Crippen LogP contribution in [0.25, 0.3) is 33.3 Å². The second kappa shape index (κ2) is 5.91. The van der Waals surface area contributed by atoms with Crippen LogP contribution in [0.5, 0.6) is 0 Å². The highest BCUT2D eigenvalue weighted by atomic mass is 16.3. The Labute approximate surface area is 159 Å². The van der Waals surface area contributed by atoms with Crippen molar-refractivity contribution in [3.8, 4) is 11.3 Å². The Morgan fingerprint density at radius 1 is 1.15 bits per heavy atom. The van der Waals surface area contributed by atoms with Gasteiger partial charge >= 0.3 is 0 Å². The van der Waals surface area contributed by atoms with Crippen LogP contribution in [0.4, 0.5) is 0 Å². The third-order valence-corrected chi connectivity index (χ3v) is 5.72. The number of aromatic nitrogens is 2. The Kier molecular flexibility index (Phi) is 3.61. The molecule has 0 amide bonds. The van der Waals surface area contributed by atoms with Crippen LogP contribution in [0.1, 0.15) is 43.2 Å². The summed E-state index contributed by atoms with van der Waals surface area (Å²) >= 11 is 0. The summed E-state index contributed by atoms with van der Waals surface area (Å²) in [6, 6.07) is 11.0. The molecule has 3 heteroatoms. The lowest BCUT2D eigenvalue weighted by molar-refractivity contribution is -0.672. The van der Waals surface area contributed by atoms with Crippen LogP contribution in [0.15, 0.2) is 40.9 Å². The van der Waals surface area contributed by atoms with Gasteiger partial charge < -0.3 is 4.42 Å². The average molecular weight is 357 g/mol. The van der Waals surface area contributed by atoms with E-state index < -0.39 is 0 Å². The van der Waals surface area contributed by atoms with E-state index in [-0.39, 0.29) is 0 Å². The maximum absolute atomic E-state index is 6.30. The minimum atomic E-state index is 0.659. The second-order valence-corrected chi connectivity index (χ2v) is 8.18. The van der Waals surface area contributed by atoms with E-state index >= 15 is 0 Å². The molecule has 0 fully saturated rings. The number of aryl methyl sites for hydroxylation is 2. The molecule has 4 aromatic rings. The molecule has 0 radical (unpaired) electrons. The predicted molar refractivity (Wildman–Crippen MR) is 109 cm³/mol. The monoisotopic (exact) mass is 357 g/mol.